The smallest absolute Gasteiger partial charge is 0.254 e. The van der Waals surface area contributed by atoms with Crippen molar-refractivity contribution in [1.82, 2.24) is 25.1 Å². The van der Waals surface area contributed by atoms with Gasteiger partial charge in [0, 0.05) is 69.1 Å². The topological polar surface area (TPSA) is 94.4 Å². The lowest BCUT2D eigenvalue weighted by Crippen LogP contribution is -2.34. The molecule has 1 saturated heterocycles. The summed E-state index contributed by atoms with van der Waals surface area (Å²) >= 11 is 0. The number of nitrogens with one attached hydrogen (secondary N) is 1. The molecule has 0 spiro atoms. The van der Waals surface area contributed by atoms with E-state index in [9.17, 15) is 9.18 Å². The van der Waals surface area contributed by atoms with Gasteiger partial charge in [-0.3, -0.25) is 9.48 Å². The summed E-state index contributed by atoms with van der Waals surface area (Å²) < 4.78 is 26.9. The van der Waals surface area contributed by atoms with Crippen LogP contribution in [-0.2, 0) is 11.3 Å². The number of ether oxygens (including phenoxy) is 2. The zero-order chi connectivity index (χ0) is 26.7. The van der Waals surface area contributed by atoms with E-state index < -0.39 is 11.7 Å². The van der Waals surface area contributed by atoms with E-state index in [1.54, 1.807) is 13.2 Å². The number of anilines is 1. The number of aryl methyl sites for hydroxylation is 1. The number of halogens is 1. The highest BCUT2D eigenvalue weighted by molar-refractivity contribution is 5.94. The Balaban J connectivity index is 1.16. The first-order valence-electron chi connectivity index (χ1n) is 13.4. The van der Waals surface area contributed by atoms with Crippen molar-refractivity contribution in [2.75, 3.05) is 44.9 Å². The molecule has 204 valence electrons. The molecule has 9 nitrogen and oxygen atoms in total. The van der Waals surface area contributed by atoms with Crippen molar-refractivity contribution in [2.24, 2.45) is 5.92 Å². The van der Waals surface area contributed by atoms with Gasteiger partial charge in [-0.15, -0.1) is 0 Å². The summed E-state index contributed by atoms with van der Waals surface area (Å²) in [5, 5.41) is 7.00. The number of hydrogen-bond donors (Lipinski definition) is 1. The van der Waals surface area contributed by atoms with Crippen LogP contribution in [0.2, 0.25) is 0 Å². The molecule has 2 aromatic heterocycles. The lowest BCUT2D eigenvalue weighted by Gasteiger charge is -2.32. The molecule has 0 atom stereocenters. The minimum Gasteiger partial charge on any atom is -0.493 e. The molecule has 0 unspecified atom stereocenters. The molecule has 3 aromatic rings. The molecule has 38 heavy (non-hydrogen) atoms. The molecule has 4 rings (SSSR count). The van der Waals surface area contributed by atoms with Crippen LogP contribution in [-0.4, -0.2) is 65.6 Å². The largest absolute Gasteiger partial charge is 0.493 e. The quantitative estimate of drug-likeness (QED) is 0.333. The van der Waals surface area contributed by atoms with Crippen LogP contribution in [0.25, 0.3) is 11.1 Å². The van der Waals surface area contributed by atoms with Crippen molar-refractivity contribution < 1.29 is 18.7 Å². The van der Waals surface area contributed by atoms with E-state index in [4.69, 9.17) is 9.47 Å². The molecule has 1 aromatic carbocycles. The fourth-order valence-electron chi connectivity index (χ4n) is 4.61. The number of carbonyl (C=O) groups is 1. The molecular weight excluding hydrogens is 487 g/mol. The van der Waals surface area contributed by atoms with Crippen molar-refractivity contribution in [1.29, 1.82) is 0 Å². The second-order valence-corrected chi connectivity index (χ2v) is 9.58. The van der Waals surface area contributed by atoms with Gasteiger partial charge in [-0.05, 0) is 50.2 Å². The Kier molecular flexibility index (Phi) is 10.0. The van der Waals surface area contributed by atoms with E-state index in [1.807, 2.05) is 29.5 Å². The number of benzene rings is 1. The van der Waals surface area contributed by atoms with Crippen molar-refractivity contribution >= 4 is 11.9 Å². The molecular formula is C28H37FN6O3. The number of amides is 1. The van der Waals surface area contributed by atoms with E-state index in [1.165, 1.54) is 12.1 Å². The average Bonchev–Trinajstić information content (AvgIpc) is 3.41. The Morgan fingerprint density at radius 1 is 1.13 bits per heavy atom. The average molecular weight is 525 g/mol. The summed E-state index contributed by atoms with van der Waals surface area (Å²) in [6.45, 7) is 6.12. The van der Waals surface area contributed by atoms with E-state index in [0.29, 0.717) is 31.4 Å². The second kappa shape index (κ2) is 13.9. The van der Waals surface area contributed by atoms with Crippen molar-refractivity contribution in [3.05, 3.63) is 54.4 Å². The van der Waals surface area contributed by atoms with E-state index in [0.717, 1.165) is 68.8 Å². The number of nitrogens with zero attached hydrogens (tertiary/aromatic N) is 5. The summed E-state index contributed by atoms with van der Waals surface area (Å²) in [7, 11) is 1.54. The minimum absolute atomic E-state index is 0.00178. The van der Waals surface area contributed by atoms with E-state index in [-0.39, 0.29) is 5.56 Å². The highest BCUT2D eigenvalue weighted by atomic mass is 19.1. The maximum atomic E-state index is 14.3. The van der Waals surface area contributed by atoms with Crippen LogP contribution in [0.15, 0.2) is 43.0 Å². The van der Waals surface area contributed by atoms with Gasteiger partial charge in [-0.25, -0.2) is 14.4 Å². The zero-order valence-electron chi connectivity index (χ0n) is 22.2. The third-order valence-electron chi connectivity index (χ3n) is 6.76. The third-order valence-corrected chi connectivity index (χ3v) is 6.76. The monoisotopic (exact) mass is 524 g/mol. The maximum Gasteiger partial charge on any atom is 0.254 e. The second-order valence-electron chi connectivity index (χ2n) is 9.58. The van der Waals surface area contributed by atoms with Gasteiger partial charge in [-0.2, -0.15) is 5.10 Å². The first-order valence-corrected chi connectivity index (χ1v) is 13.4. The number of rotatable bonds is 13. The van der Waals surface area contributed by atoms with Crippen LogP contribution in [0.1, 0.15) is 49.4 Å². The molecule has 1 N–H and O–H groups in total. The molecule has 0 radical (unpaired) electrons. The van der Waals surface area contributed by atoms with Gasteiger partial charge in [0.05, 0.1) is 25.0 Å². The fourth-order valence-corrected chi connectivity index (χ4v) is 4.61. The van der Waals surface area contributed by atoms with Crippen LogP contribution in [0.3, 0.4) is 0 Å². The molecule has 3 heterocycles. The normalized spacial score (nSPS) is 14.0. The number of hydrogen-bond acceptors (Lipinski definition) is 7. The van der Waals surface area contributed by atoms with Crippen molar-refractivity contribution in [3.63, 3.8) is 0 Å². The van der Waals surface area contributed by atoms with Gasteiger partial charge in [0.1, 0.15) is 11.6 Å². The van der Waals surface area contributed by atoms with Crippen LogP contribution in [0, 0.1) is 11.7 Å². The van der Waals surface area contributed by atoms with Gasteiger partial charge in [0.25, 0.3) is 5.91 Å². The molecule has 1 fully saturated rings. The number of carbonyl (C=O) groups excluding carboxylic acids is 1. The molecule has 1 aliphatic rings. The minimum atomic E-state index is -0.591. The Morgan fingerprint density at radius 3 is 2.63 bits per heavy atom. The number of piperidine rings is 1. The third kappa shape index (κ3) is 7.50. The standard InChI is InChI=1S/C28H37FN6O3/c1-3-11-35-20-23(19-33-35)22-17-31-28(32-18-22)34-12-8-21(9-13-34)5-4-14-38-24-6-7-25(26(29)16-24)27(36)30-10-15-37-2/h6-7,16-21H,3-5,8-15H2,1-2H3,(H,30,36). The molecule has 0 bridgehead atoms. The Morgan fingerprint density at radius 2 is 1.92 bits per heavy atom. The van der Waals surface area contributed by atoms with Crippen molar-refractivity contribution in [2.45, 2.75) is 45.6 Å². The van der Waals surface area contributed by atoms with Crippen molar-refractivity contribution in [3.8, 4) is 16.9 Å². The highest BCUT2D eigenvalue weighted by Gasteiger charge is 2.21. The molecule has 1 aliphatic heterocycles. The number of aromatic nitrogens is 4. The van der Waals surface area contributed by atoms with Gasteiger partial charge in [-0.1, -0.05) is 6.92 Å². The van der Waals surface area contributed by atoms with Gasteiger partial charge < -0.3 is 19.7 Å². The summed E-state index contributed by atoms with van der Waals surface area (Å²) in [6.07, 6.45) is 12.8. The van der Waals surface area contributed by atoms with Gasteiger partial charge in [0.15, 0.2) is 0 Å². The first kappa shape index (κ1) is 27.5. The Bertz CT molecular complexity index is 1160. The predicted octanol–water partition coefficient (Wildman–Crippen LogP) is 4.34. The lowest BCUT2D eigenvalue weighted by atomic mass is 9.92. The van der Waals surface area contributed by atoms with E-state index in [2.05, 4.69) is 32.2 Å². The first-order chi connectivity index (χ1) is 18.6. The highest BCUT2D eigenvalue weighted by Crippen LogP contribution is 2.26. The summed E-state index contributed by atoms with van der Waals surface area (Å²) in [4.78, 5) is 23.5. The van der Waals surface area contributed by atoms with Crippen LogP contribution >= 0.6 is 0 Å². The van der Waals surface area contributed by atoms with Gasteiger partial charge >= 0.3 is 0 Å². The van der Waals surface area contributed by atoms with Crippen LogP contribution < -0.4 is 15.0 Å². The summed E-state index contributed by atoms with van der Waals surface area (Å²) in [5.41, 5.74) is 2.01. The van der Waals surface area contributed by atoms with Gasteiger partial charge in [0.2, 0.25) is 5.95 Å². The molecule has 10 heteroatoms. The zero-order valence-corrected chi connectivity index (χ0v) is 22.2. The summed E-state index contributed by atoms with van der Waals surface area (Å²) in [5.74, 6) is 0.775. The lowest BCUT2D eigenvalue weighted by molar-refractivity contribution is 0.0933. The van der Waals surface area contributed by atoms with E-state index >= 15 is 0 Å². The summed E-state index contributed by atoms with van der Waals surface area (Å²) in [6, 6.07) is 4.36. The Hall–Kier alpha value is -3.53. The molecule has 1 amide bonds. The fraction of sp³-hybridized carbons (Fsp3) is 0.500. The molecule has 0 saturated carbocycles. The predicted molar refractivity (Wildman–Crippen MR) is 144 cm³/mol. The number of methoxy groups -OCH3 is 1. The SMILES string of the molecule is CCCn1cc(-c2cnc(N3CCC(CCCOc4ccc(C(=O)NCCOC)c(F)c4)CC3)nc2)cn1. The van der Waals surface area contributed by atoms with Crippen LogP contribution in [0.5, 0.6) is 5.75 Å². The van der Waals surface area contributed by atoms with Crippen LogP contribution in [0.4, 0.5) is 10.3 Å². The molecule has 0 aliphatic carbocycles. The Labute approximate surface area is 223 Å². The maximum absolute atomic E-state index is 14.3.